The SMILES string of the molecule is COC1CCC2(CC1)Cc1ccc(-c3cc(F)cc(Cl)c3)cc1C21CC(=O)N(C)C(N)=N1. The average molecular weight is 456 g/mol. The molecule has 0 aromatic heterocycles. The molecule has 5 rings (SSSR count). The molecule has 1 unspecified atom stereocenters. The summed E-state index contributed by atoms with van der Waals surface area (Å²) in [5.74, 6) is -0.159. The maximum atomic E-state index is 14.1. The van der Waals surface area contributed by atoms with Gasteiger partial charge < -0.3 is 10.5 Å². The number of ether oxygens (including phenoxy) is 1. The van der Waals surface area contributed by atoms with Crippen LogP contribution in [0.4, 0.5) is 4.39 Å². The number of hydrogen-bond donors (Lipinski definition) is 1. The van der Waals surface area contributed by atoms with Crippen molar-refractivity contribution in [1.82, 2.24) is 4.90 Å². The predicted molar refractivity (Wildman–Crippen MR) is 123 cm³/mol. The van der Waals surface area contributed by atoms with Crippen LogP contribution in [0.25, 0.3) is 11.1 Å². The molecule has 0 bridgehead atoms. The molecule has 1 amide bonds. The number of rotatable bonds is 2. The van der Waals surface area contributed by atoms with Gasteiger partial charge in [0.2, 0.25) is 5.91 Å². The van der Waals surface area contributed by atoms with Gasteiger partial charge in [0.15, 0.2) is 5.96 Å². The van der Waals surface area contributed by atoms with Crippen LogP contribution >= 0.6 is 11.6 Å². The van der Waals surface area contributed by atoms with E-state index in [9.17, 15) is 9.18 Å². The van der Waals surface area contributed by atoms with E-state index in [1.165, 1.54) is 22.6 Å². The Morgan fingerprint density at radius 1 is 1.16 bits per heavy atom. The Hall–Kier alpha value is -2.44. The maximum absolute atomic E-state index is 14.1. The van der Waals surface area contributed by atoms with Crippen molar-refractivity contribution < 1.29 is 13.9 Å². The van der Waals surface area contributed by atoms with Crippen LogP contribution in [0.1, 0.15) is 43.2 Å². The largest absolute Gasteiger partial charge is 0.381 e. The Balaban J connectivity index is 1.68. The second kappa shape index (κ2) is 7.56. The molecule has 7 heteroatoms. The standard InChI is InChI=1S/C25H27ClFN3O2/c1-30-22(31)14-25(29-23(30)28)21-11-15(17-9-18(26)12-19(27)10-17)3-4-16(21)13-24(25)7-5-20(32-2)6-8-24/h3-4,9-12,20H,5-8,13-14H2,1-2H3,(H2,28,29). The molecule has 2 aliphatic carbocycles. The van der Waals surface area contributed by atoms with Crippen LogP contribution in [0.2, 0.25) is 5.02 Å². The fourth-order valence-corrected chi connectivity index (χ4v) is 6.24. The third-order valence-electron chi connectivity index (χ3n) is 7.81. The Morgan fingerprint density at radius 3 is 2.56 bits per heavy atom. The topological polar surface area (TPSA) is 67.9 Å². The molecule has 1 aliphatic heterocycles. The number of fused-ring (bicyclic) bond motifs is 3. The fourth-order valence-electron chi connectivity index (χ4n) is 6.02. The molecule has 2 aromatic rings. The molecule has 5 nitrogen and oxygen atoms in total. The van der Waals surface area contributed by atoms with Crippen LogP contribution in [0.3, 0.4) is 0 Å². The number of carbonyl (C=O) groups excluding carboxylic acids is 1. The first-order valence-electron chi connectivity index (χ1n) is 11.0. The van der Waals surface area contributed by atoms with Crippen molar-refractivity contribution in [1.29, 1.82) is 0 Å². The van der Waals surface area contributed by atoms with Crippen LogP contribution in [-0.2, 0) is 21.5 Å². The summed E-state index contributed by atoms with van der Waals surface area (Å²) in [4.78, 5) is 19.5. The van der Waals surface area contributed by atoms with Crippen molar-refractivity contribution in [2.75, 3.05) is 14.2 Å². The predicted octanol–water partition coefficient (Wildman–Crippen LogP) is 4.65. The summed E-state index contributed by atoms with van der Waals surface area (Å²) >= 11 is 6.12. The van der Waals surface area contributed by atoms with Gasteiger partial charge in [-0.3, -0.25) is 9.69 Å². The molecule has 1 heterocycles. The molecule has 2 aromatic carbocycles. The van der Waals surface area contributed by atoms with E-state index < -0.39 is 5.54 Å². The lowest BCUT2D eigenvalue weighted by molar-refractivity contribution is -0.131. The molecule has 0 saturated heterocycles. The van der Waals surface area contributed by atoms with E-state index >= 15 is 0 Å². The molecule has 168 valence electrons. The third-order valence-corrected chi connectivity index (χ3v) is 8.03. The van der Waals surface area contributed by atoms with E-state index in [0.717, 1.165) is 43.2 Å². The highest BCUT2D eigenvalue weighted by molar-refractivity contribution is 6.30. The number of methoxy groups -OCH3 is 1. The molecule has 2 spiro atoms. The van der Waals surface area contributed by atoms with E-state index in [4.69, 9.17) is 27.1 Å². The van der Waals surface area contributed by atoms with E-state index in [1.54, 1.807) is 20.2 Å². The molecule has 1 saturated carbocycles. The summed E-state index contributed by atoms with van der Waals surface area (Å²) in [7, 11) is 3.43. The first-order valence-corrected chi connectivity index (χ1v) is 11.4. The Morgan fingerprint density at radius 2 is 1.91 bits per heavy atom. The van der Waals surface area contributed by atoms with Crippen molar-refractivity contribution in [3.05, 3.63) is 58.4 Å². The number of aliphatic imine (C=N–C) groups is 1. The molecular weight excluding hydrogens is 429 g/mol. The summed E-state index contributed by atoms with van der Waals surface area (Å²) in [6, 6.07) is 10.7. The maximum Gasteiger partial charge on any atom is 0.231 e. The minimum atomic E-state index is -0.720. The number of nitrogens with two attached hydrogens (primary N) is 1. The summed E-state index contributed by atoms with van der Waals surface area (Å²) in [5, 5.41) is 0.348. The minimum absolute atomic E-state index is 0.0298. The lowest BCUT2D eigenvalue weighted by atomic mass is 9.60. The lowest BCUT2D eigenvalue weighted by Crippen LogP contribution is -2.54. The van der Waals surface area contributed by atoms with Crippen molar-refractivity contribution >= 4 is 23.5 Å². The van der Waals surface area contributed by atoms with Gasteiger partial charge in [0.25, 0.3) is 0 Å². The zero-order chi connectivity index (χ0) is 22.7. The van der Waals surface area contributed by atoms with Gasteiger partial charge in [0, 0.05) is 24.6 Å². The molecule has 1 atom stereocenters. The number of hydrogen-bond acceptors (Lipinski definition) is 4. The number of benzene rings is 2. The first kappa shape index (κ1) is 21.4. The van der Waals surface area contributed by atoms with E-state index in [0.29, 0.717) is 10.6 Å². The number of nitrogens with zero attached hydrogens (tertiary/aromatic N) is 2. The Labute approximate surface area is 192 Å². The van der Waals surface area contributed by atoms with Crippen molar-refractivity contribution in [2.45, 2.75) is 50.2 Å². The van der Waals surface area contributed by atoms with Gasteiger partial charge in [-0.05, 0) is 78.6 Å². The monoisotopic (exact) mass is 455 g/mol. The van der Waals surface area contributed by atoms with Crippen LogP contribution in [0.5, 0.6) is 0 Å². The fraction of sp³-hybridized carbons (Fsp3) is 0.440. The number of amides is 1. The number of guanidine groups is 1. The van der Waals surface area contributed by atoms with E-state index in [1.807, 2.05) is 6.07 Å². The zero-order valence-corrected chi connectivity index (χ0v) is 19.1. The molecular formula is C25H27ClFN3O2. The van der Waals surface area contributed by atoms with Crippen LogP contribution < -0.4 is 5.73 Å². The molecule has 32 heavy (non-hydrogen) atoms. The van der Waals surface area contributed by atoms with Crippen LogP contribution in [0, 0.1) is 11.2 Å². The molecule has 3 aliphatic rings. The van der Waals surface area contributed by atoms with Crippen LogP contribution in [0.15, 0.2) is 41.4 Å². The zero-order valence-electron chi connectivity index (χ0n) is 18.3. The minimum Gasteiger partial charge on any atom is -0.381 e. The summed E-state index contributed by atoms with van der Waals surface area (Å²) in [5.41, 5.74) is 9.13. The van der Waals surface area contributed by atoms with E-state index in [2.05, 4.69) is 12.1 Å². The van der Waals surface area contributed by atoms with Gasteiger partial charge in [0.05, 0.1) is 12.5 Å². The molecule has 1 fully saturated rings. The summed E-state index contributed by atoms with van der Waals surface area (Å²) in [6.45, 7) is 0. The van der Waals surface area contributed by atoms with Crippen molar-refractivity contribution in [3.63, 3.8) is 0 Å². The van der Waals surface area contributed by atoms with E-state index in [-0.39, 0.29) is 35.6 Å². The van der Waals surface area contributed by atoms with Gasteiger partial charge in [-0.2, -0.15) is 0 Å². The number of carbonyl (C=O) groups is 1. The number of halogens is 2. The van der Waals surface area contributed by atoms with Gasteiger partial charge in [-0.25, -0.2) is 9.38 Å². The highest BCUT2D eigenvalue weighted by Gasteiger charge is 2.61. The highest BCUT2D eigenvalue weighted by atomic mass is 35.5. The van der Waals surface area contributed by atoms with Crippen molar-refractivity contribution in [2.24, 2.45) is 16.1 Å². The quantitative estimate of drug-likeness (QED) is 0.716. The second-order valence-corrected chi connectivity index (χ2v) is 9.82. The van der Waals surface area contributed by atoms with Gasteiger partial charge in [-0.1, -0.05) is 23.7 Å². The lowest BCUT2D eigenvalue weighted by Gasteiger charge is -2.49. The summed E-state index contributed by atoms with van der Waals surface area (Å²) in [6.07, 6.45) is 5.04. The Bertz CT molecular complexity index is 1110. The second-order valence-electron chi connectivity index (χ2n) is 9.38. The third kappa shape index (κ3) is 3.15. The Kier molecular flexibility index (Phi) is 5.06. The first-order chi connectivity index (χ1) is 15.3. The normalized spacial score (nSPS) is 29.5. The van der Waals surface area contributed by atoms with Gasteiger partial charge in [-0.15, -0.1) is 0 Å². The van der Waals surface area contributed by atoms with Gasteiger partial charge in [0.1, 0.15) is 11.4 Å². The summed E-state index contributed by atoms with van der Waals surface area (Å²) < 4.78 is 19.7. The highest BCUT2D eigenvalue weighted by Crippen LogP contribution is 2.62. The van der Waals surface area contributed by atoms with Crippen molar-refractivity contribution in [3.8, 4) is 11.1 Å². The smallest absolute Gasteiger partial charge is 0.231 e. The molecule has 2 N–H and O–H groups in total. The average Bonchev–Trinajstić information content (AvgIpc) is 3.00. The van der Waals surface area contributed by atoms with Crippen LogP contribution in [-0.4, -0.2) is 37.0 Å². The molecule has 0 radical (unpaired) electrons. The van der Waals surface area contributed by atoms with Gasteiger partial charge >= 0.3 is 0 Å².